The molecule has 0 amide bonds. The van der Waals surface area contributed by atoms with Crippen molar-refractivity contribution in [1.82, 2.24) is 0 Å². The average Bonchev–Trinajstić information content (AvgIpc) is 2.66. The molecule has 0 bridgehead atoms. The van der Waals surface area contributed by atoms with Gasteiger partial charge in [-0.2, -0.15) is 0 Å². The zero-order chi connectivity index (χ0) is 11.5. The molecule has 16 heavy (non-hydrogen) atoms. The predicted molar refractivity (Wildman–Crippen MR) is 72.6 cm³/mol. The summed E-state index contributed by atoms with van der Waals surface area (Å²) in [6.45, 7) is 2.13. The number of aromatic hydroxyl groups is 1. The van der Waals surface area contributed by atoms with Crippen LogP contribution in [0.4, 0.5) is 0 Å². The van der Waals surface area contributed by atoms with Gasteiger partial charge in [0.25, 0.3) is 0 Å². The fraction of sp³-hybridized carbons (Fsp3) is 0.231. The lowest BCUT2D eigenvalue weighted by Gasteiger charge is -2.04. The lowest BCUT2D eigenvalue weighted by Crippen LogP contribution is -1.84. The van der Waals surface area contributed by atoms with Gasteiger partial charge in [0.1, 0.15) is 0 Å². The van der Waals surface area contributed by atoms with Crippen LogP contribution in [0.2, 0.25) is 0 Å². The number of rotatable bonds is 3. The Balaban J connectivity index is 2.60. The summed E-state index contributed by atoms with van der Waals surface area (Å²) >= 11 is 3.19. The van der Waals surface area contributed by atoms with Crippen LogP contribution in [-0.2, 0) is 6.42 Å². The maximum Gasteiger partial charge on any atom is 0.180 e. The molecule has 0 aliphatic carbocycles. The Hall–Kier alpha value is -0.930. The van der Waals surface area contributed by atoms with Gasteiger partial charge < -0.3 is 5.11 Å². The molecule has 0 aliphatic rings. The van der Waals surface area contributed by atoms with Crippen molar-refractivity contribution in [3.63, 3.8) is 0 Å². The van der Waals surface area contributed by atoms with Gasteiger partial charge in [0.15, 0.2) is 5.06 Å². The smallest absolute Gasteiger partial charge is 0.180 e. The molecule has 0 fully saturated rings. The first kappa shape index (κ1) is 11.6. The van der Waals surface area contributed by atoms with E-state index in [9.17, 15) is 5.11 Å². The van der Waals surface area contributed by atoms with Gasteiger partial charge in [-0.1, -0.05) is 48.6 Å². The molecule has 2 aromatic rings. The summed E-state index contributed by atoms with van der Waals surface area (Å²) in [6.07, 6.45) is 3.01. The summed E-state index contributed by atoms with van der Waals surface area (Å²) in [5, 5.41) is 10.5. The van der Waals surface area contributed by atoms with E-state index in [4.69, 9.17) is 0 Å². The van der Waals surface area contributed by atoms with E-state index in [-0.39, 0.29) is 0 Å². The quantitative estimate of drug-likeness (QED) is 0.814. The minimum absolute atomic E-state index is 0.437. The molecule has 84 valence electrons. The van der Waals surface area contributed by atoms with Crippen LogP contribution < -0.4 is 0 Å². The zero-order valence-corrected chi connectivity index (χ0v) is 11.0. The van der Waals surface area contributed by atoms with E-state index in [1.165, 1.54) is 21.1 Å². The Morgan fingerprint density at radius 1 is 1.25 bits per heavy atom. The SMILES string of the molecule is CCc1c(SC)sc(O)c1-c1ccccc1. The largest absolute Gasteiger partial charge is 0.499 e. The second-order valence-electron chi connectivity index (χ2n) is 3.47. The van der Waals surface area contributed by atoms with E-state index in [1.807, 2.05) is 30.3 Å². The van der Waals surface area contributed by atoms with E-state index >= 15 is 0 Å². The van der Waals surface area contributed by atoms with Crippen LogP contribution in [0.25, 0.3) is 11.1 Å². The predicted octanol–water partition coefficient (Wildman–Crippen LogP) is 4.41. The Kier molecular flexibility index (Phi) is 3.56. The van der Waals surface area contributed by atoms with Crippen molar-refractivity contribution in [3.05, 3.63) is 35.9 Å². The molecule has 0 atom stereocenters. The highest BCUT2D eigenvalue weighted by Gasteiger charge is 2.16. The highest BCUT2D eigenvalue weighted by molar-refractivity contribution is 8.00. The standard InChI is InChI=1S/C13H14OS2/c1-3-10-11(9-7-5-4-6-8-9)12(14)16-13(10)15-2/h4-8,14H,3H2,1-2H3. The number of thioether (sulfide) groups is 1. The van der Waals surface area contributed by atoms with Crippen molar-refractivity contribution in [2.24, 2.45) is 0 Å². The fourth-order valence-corrected chi connectivity index (χ4v) is 3.77. The van der Waals surface area contributed by atoms with Crippen LogP contribution in [0.1, 0.15) is 12.5 Å². The van der Waals surface area contributed by atoms with Gasteiger partial charge in [0, 0.05) is 5.56 Å². The number of hydrogen-bond donors (Lipinski definition) is 1. The topological polar surface area (TPSA) is 20.2 Å². The molecule has 1 nitrogen and oxygen atoms in total. The van der Waals surface area contributed by atoms with Gasteiger partial charge in [0.2, 0.25) is 0 Å². The summed E-state index contributed by atoms with van der Waals surface area (Å²) in [4.78, 5) is 0. The van der Waals surface area contributed by atoms with Gasteiger partial charge in [-0.15, -0.1) is 11.8 Å². The van der Waals surface area contributed by atoms with Crippen molar-refractivity contribution < 1.29 is 5.11 Å². The van der Waals surface area contributed by atoms with Crippen molar-refractivity contribution in [2.45, 2.75) is 17.6 Å². The molecule has 0 aliphatic heterocycles. The number of hydrogen-bond acceptors (Lipinski definition) is 3. The highest BCUT2D eigenvalue weighted by atomic mass is 32.2. The maximum absolute atomic E-state index is 10.0. The van der Waals surface area contributed by atoms with Crippen molar-refractivity contribution in [3.8, 4) is 16.2 Å². The second kappa shape index (κ2) is 4.93. The first-order valence-corrected chi connectivity index (χ1v) is 7.26. The molecular formula is C13H14OS2. The Morgan fingerprint density at radius 2 is 1.94 bits per heavy atom. The van der Waals surface area contributed by atoms with Gasteiger partial charge >= 0.3 is 0 Å². The molecule has 1 aromatic heterocycles. The molecule has 0 saturated heterocycles. The highest BCUT2D eigenvalue weighted by Crippen LogP contribution is 2.45. The maximum atomic E-state index is 10.0. The van der Waals surface area contributed by atoms with Crippen LogP contribution in [0.3, 0.4) is 0 Å². The van der Waals surface area contributed by atoms with Crippen LogP contribution >= 0.6 is 23.1 Å². The molecule has 1 heterocycles. The summed E-state index contributed by atoms with van der Waals surface area (Å²) in [6, 6.07) is 10.1. The van der Waals surface area contributed by atoms with E-state index in [0.717, 1.165) is 17.5 Å². The molecule has 0 spiro atoms. The zero-order valence-electron chi connectivity index (χ0n) is 9.36. The molecule has 1 N–H and O–H groups in total. The first-order chi connectivity index (χ1) is 7.77. The third-order valence-electron chi connectivity index (χ3n) is 2.55. The Morgan fingerprint density at radius 3 is 2.50 bits per heavy atom. The summed E-state index contributed by atoms with van der Waals surface area (Å²) in [5.41, 5.74) is 3.38. The van der Waals surface area contributed by atoms with E-state index < -0.39 is 0 Å². The molecule has 2 rings (SSSR count). The monoisotopic (exact) mass is 250 g/mol. The van der Waals surface area contributed by atoms with E-state index in [2.05, 4.69) is 13.2 Å². The molecular weight excluding hydrogens is 236 g/mol. The first-order valence-electron chi connectivity index (χ1n) is 5.22. The van der Waals surface area contributed by atoms with Gasteiger partial charge in [0.05, 0.1) is 4.21 Å². The van der Waals surface area contributed by atoms with Crippen LogP contribution in [0.15, 0.2) is 34.5 Å². The van der Waals surface area contributed by atoms with Crippen molar-refractivity contribution >= 4 is 23.1 Å². The minimum atomic E-state index is 0.437. The number of thiophene rings is 1. The third kappa shape index (κ3) is 1.97. The third-order valence-corrected chi connectivity index (χ3v) is 4.75. The lowest BCUT2D eigenvalue weighted by molar-refractivity contribution is 0.492. The minimum Gasteiger partial charge on any atom is -0.499 e. The van der Waals surface area contributed by atoms with E-state index in [1.54, 1.807) is 11.8 Å². The molecule has 3 heteroatoms. The van der Waals surface area contributed by atoms with Crippen molar-refractivity contribution in [1.29, 1.82) is 0 Å². The van der Waals surface area contributed by atoms with Crippen LogP contribution in [0, 0.1) is 0 Å². The van der Waals surface area contributed by atoms with Gasteiger partial charge in [-0.05, 0) is 23.8 Å². The van der Waals surface area contributed by atoms with Crippen LogP contribution in [-0.4, -0.2) is 11.4 Å². The Labute approximate surface area is 104 Å². The lowest BCUT2D eigenvalue weighted by atomic mass is 10.0. The molecule has 1 aromatic carbocycles. The van der Waals surface area contributed by atoms with Crippen LogP contribution in [0.5, 0.6) is 5.06 Å². The summed E-state index contributed by atoms with van der Waals surface area (Å²) in [7, 11) is 0. The van der Waals surface area contributed by atoms with Gasteiger partial charge in [-0.25, -0.2) is 0 Å². The average molecular weight is 250 g/mol. The normalized spacial score (nSPS) is 10.6. The Bertz CT molecular complexity index is 474. The summed E-state index contributed by atoms with van der Waals surface area (Å²) in [5.74, 6) is 0. The van der Waals surface area contributed by atoms with Gasteiger partial charge in [-0.3, -0.25) is 0 Å². The number of benzene rings is 1. The van der Waals surface area contributed by atoms with E-state index in [0.29, 0.717) is 5.06 Å². The van der Waals surface area contributed by atoms with Crippen molar-refractivity contribution in [2.75, 3.05) is 6.26 Å². The molecule has 0 radical (unpaired) electrons. The summed E-state index contributed by atoms with van der Waals surface area (Å²) < 4.78 is 1.22. The molecule has 0 saturated carbocycles. The molecule has 0 unspecified atom stereocenters. The second-order valence-corrected chi connectivity index (χ2v) is 5.55. The fourth-order valence-electron chi connectivity index (χ4n) is 1.82.